The Kier molecular flexibility index (Phi) is 8.04. The van der Waals surface area contributed by atoms with Crippen LogP contribution in [0, 0.1) is 0 Å². The van der Waals surface area contributed by atoms with Crippen LogP contribution in [0.15, 0.2) is 62.6 Å². The number of nitrogens with one attached hydrogen (secondary N) is 1. The van der Waals surface area contributed by atoms with Gasteiger partial charge in [-0.05, 0) is 48.9 Å². The predicted octanol–water partition coefficient (Wildman–Crippen LogP) is 5.19. The fourth-order valence-electron chi connectivity index (χ4n) is 2.41. The molecule has 0 spiro atoms. The molecule has 0 bridgehead atoms. The summed E-state index contributed by atoms with van der Waals surface area (Å²) < 4.78 is 11.7. The first-order chi connectivity index (χ1) is 14.5. The fourth-order valence-corrected chi connectivity index (χ4v) is 3.38. The lowest BCUT2D eigenvalue weighted by Crippen LogP contribution is -2.14. The molecule has 0 aliphatic rings. The number of amides is 1. The van der Waals surface area contributed by atoms with Crippen LogP contribution in [0.1, 0.15) is 30.1 Å². The fraction of sp³-hybridized carbons (Fsp3) is 0.238. The Bertz CT molecular complexity index is 1010. The van der Waals surface area contributed by atoms with E-state index in [0.29, 0.717) is 29.0 Å². The van der Waals surface area contributed by atoms with Crippen molar-refractivity contribution in [3.63, 3.8) is 0 Å². The van der Waals surface area contributed by atoms with Crippen LogP contribution in [-0.4, -0.2) is 34.4 Å². The summed E-state index contributed by atoms with van der Waals surface area (Å²) in [6.45, 7) is 2.44. The third-order valence-corrected chi connectivity index (χ3v) is 5.25. The van der Waals surface area contributed by atoms with Crippen LogP contribution in [0.3, 0.4) is 0 Å². The molecule has 1 aromatic heterocycles. The number of halogens is 1. The lowest BCUT2D eigenvalue weighted by atomic mass is 10.2. The second kappa shape index (κ2) is 10.9. The summed E-state index contributed by atoms with van der Waals surface area (Å²) in [7, 11) is 0. The third-order valence-electron chi connectivity index (χ3n) is 3.94. The number of rotatable bonds is 9. The van der Waals surface area contributed by atoms with Crippen LogP contribution in [0.25, 0.3) is 11.5 Å². The van der Waals surface area contributed by atoms with E-state index in [4.69, 9.17) is 9.15 Å². The maximum Gasteiger partial charge on any atom is 0.338 e. The van der Waals surface area contributed by atoms with Gasteiger partial charge in [0, 0.05) is 15.7 Å². The smallest absolute Gasteiger partial charge is 0.338 e. The van der Waals surface area contributed by atoms with Crippen molar-refractivity contribution in [2.45, 2.75) is 25.0 Å². The lowest BCUT2D eigenvalue weighted by molar-refractivity contribution is -0.113. The number of carbonyl (C=O) groups is 2. The first kappa shape index (κ1) is 22.0. The minimum atomic E-state index is -0.366. The summed E-state index contributed by atoms with van der Waals surface area (Å²) >= 11 is 4.55. The number of aromatic nitrogens is 2. The predicted molar refractivity (Wildman–Crippen MR) is 118 cm³/mol. The molecular weight excluding hydrogens is 470 g/mol. The van der Waals surface area contributed by atoms with Gasteiger partial charge in [-0.25, -0.2) is 4.79 Å². The number of anilines is 1. The quantitative estimate of drug-likeness (QED) is 0.251. The zero-order chi connectivity index (χ0) is 21.3. The molecule has 7 nitrogen and oxygen atoms in total. The van der Waals surface area contributed by atoms with Gasteiger partial charge in [0.2, 0.25) is 11.8 Å². The van der Waals surface area contributed by atoms with E-state index >= 15 is 0 Å². The summed E-state index contributed by atoms with van der Waals surface area (Å²) in [6.07, 6.45) is 1.80. The van der Waals surface area contributed by atoms with Crippen molar-refractivity contribution >= 4 is 45.3 Å². The van der Waals surface area contributed by atoms with Crippen molar-refractivity contribution in [2.24, 2.45) is 0 Å². The number of benzene rings is 2. The molecule has 0 atom stereocenters. The molecule has 1 heterocycles. The number of esters is 1. The molecule has 0 aliphatic heterocycles. The molecule has 0 aliphatic carbocycles. The highest BCUT2D eigenvalue weighted by Gasteiger charge is 2.12. The highest BCUT2D eigenvalue weighted by atomic mass is 79.9. The molecule has 9 heteroatoms. The molecule has 0 saturated carbocycles. The van der Waals surface area contributed by atoms with E-state index in [-0.39, 0.29) is 17.6 Å². The Morgan fingerprint density at radius 1 is 1.17 bits per heavy atom. The van der Waals surface area contributed by atoms with Gasteiger partial charge in [0.25, 0.3) is 5.22 Å². The van der Waals surface area contributed by atoms with Gasteiger partial charge < -0.3 is 14.5 Å². The SMILES string of the molecule is CCCCOC(=O)c1ccc(NC(=O)CSc2nnc(-c3cccc(Br)c3)o2)cc1. The molecule has 0 fully saturated rings. The minimum absolute atomic E-state index is 0.112. The van der Waals surface area contributed by atoms with Gasteiger partial charge in [-0.1, -0.05) is 47.1 Å². The summed E-state index contributed by atoms with van der Waals surface area (Å²) in [5.41, 5.74) is 1.83. The Hall–Kier alpha value is -2.65. The molecule has 1 amide bonds. The lowest BCUT2D eigenvalue weighted by Gasteiger charge is -2.06. The number of hydrogen-bond donors (Lipinski definition) is 1. The van der Waals surface area contributed by atoms with E-state index < -0.39 is 0 Å². The highest BCUT2D eigenvalue weighted by molar-refractivity contribution is 9.10. The topological polar surface area (TPSA) is 94.3 Å². The summed E-state index contributed by atoms with van der Waals surface area (Å²) in [6, 6.07) is 14.1. The van der Waals surface area contributed by atoms with Crippen LogP contribution in [-0.2, 0) is 9.53 Å². The molecule has 0 saturated heterocycles. The Balaban J connectivity index is 1.48. The summed E-state index contributed by atoms with van der Waals surface area (Å²) in [5.74, 6) is -0.0865. The average molecular weight is 490 g/mol. The molecule has 30 heavy (non-hydrogen) atoms. The average Bonchev–Trinajstić information content (AvgIpc) is 3.22. The van der Waals surface area contributed by atoms with E-state index in [9.17, 15) is 9.59 Å². The van der Waals surface area contributed by atoms with Crippen molar-refractivity contribution in [1.82, 2.24) is 10.2 Å². The summed E-state index contributed by atoms with van der Waals surface area (Å²) in [4.78, 5) is 24.1. The first-order valence-electron chi connectivity index (χ1n) is 9.34. The van der Waals surface area contributed by atoms with Gasteiger partial charge in [-0.15, -0.1) is 10.2 Å². The van der Waals surface area contributed by atoms with Crippen molar-refractivity contribution in [3.05, 3.63) is 58.6 Å². The molecule has 3 aromatic rings. The normalized spacial score (nSPS) is 10.6. The monoisotopic (exact) mass is 489 g/mol. The first-order valence-corrected chi connectivity index (χ1v) is 11.1. The maximum absolute atomic E-state index is 12.2. The van der Waals surface area contributed by atoms with Crippen molar-refractivity contribution in [3.8, 4) is 11.5 Å². The van der Waals surface area contributed by atoms with E-state index in [2.05, 4.69) is 31.4 Å². The minimum Gasteiger partial charge on any atom is -0.462 e. The number of carbonyl (C=O) groups excluding carboxylic acids is 2. The molecule has 0 radical (unpaired) electrons. The number of unbranched alkanes of at least 4 members (excludes halogenated alkanes) is 1. The zero-order valence-electron chi connectivity index (χ0n) is 16.3. The van der Waals surface area contributed by atoms with E-state index in [1.54, 1.807) is 24.3 Å². The summed E-state index contributed by atoms with van der Waals surface area (Å²) in [5, 5.41) is 11.0. The Morgan fingerprint density at radius 2 is 1.97 bits per heavy atom. The molecule has 0 unspecified atom stereocenters. The van der Waals surface area contributed by atoms with Crippen molar-refractivity contribution in [2.75, 3.05) is 17.7 Å². The maximum atomic E-state index is 12.2. The van der Waals surface area contributed by atoms with Gasteiger partial charge in [-0.3, -0.25) is 4.79 Å². The second-order valence-corrected chi connectivity index (χ2v) is 8.13. The second-order valence-electron chi connectivity index (χ2n) is 6.29. The molecule has 3 rings (SSSR count). The molecule has 1 N–H and O–H groups in total. The van der Waals surface area contributed by atoms with Gasteiger partial charge >= 0.3 is 5.97 Å². The number of nitrogens with zero attached hydrogens (tertiary/aromatic N) is 2. The van der Waals surface area contributed by atoms with Crippen molar-refractivity contribution < 1.29 is 18.7 Å². The van der Waals surface area contributed by atoms with Crippen LogP contribution in [0.2, 0.25) is 0 Å². The molecule has 156 valence electrons. The zero-order valence-corrected chi connectivity index (χ0v) is 18.7. The van der Waals surface area contributed by atoms with Crippen LogP contribution in [0.4, 0.5) is 5.69 Å². The van der Waals surface area contributed by atoms with E-state index in [1.165, 1.54) is 0 Å². The van der Waals surface area contributed by atoms with E-state index in [1.807, 2.05) is 31.2 Å². The van der Waals surface area contributed by atoms with Gasteiger partial charge in [0.15, 0.2) is 0 Å². The van der Waals surface area contributed by atoms with Crippen LogP contribution in [0.5, 0.6) is 0 Å². The Labute approximate surface area is 186 Å². The Morgan fingerprint density at radius 3 is 2.70 bits per heavy atom. The third kappa shape index (κ3) is 6.43. The van der Waals surface area contributed by atoms with Gasteiger partial charge in [0.05, 0.1) is 17.9 Å². The number of thioether (sulfide) groups is 1. The van der Waals surface area contributed by atoms with Gasteiger partial charge in [-0.2, -0.15) is 0 Å². The highest BCUT2D eigenvalue weighted by Crippen LogP contribution is 2.25. The standard InChI is InChI=1S/C21H20BrN3O4S/c1-2-3-11-28-20(27)14-7-9-17(10-8-14)23-18(26)13-30-21-25-24-19(29-21)15-5-4-6-16(22)12-15/h4-10,12H,2-3,11,13H2,1H3,(H,23,26). The van der Waals surface area contributed by atoms with E-state index in [0.717, 1.165) is 34.6 Å². The van der Waals surface area contributed by atoms with Gasteiger partial charge in [0.1, 0.15) is 0 Å². The van der Waals surface area contributed by atoms with Crippen LogP contribution >= 0.6 is 27.7 Å². The molecule has 2 aromatic carbocycles. The number of hydrogen-bond acceptors (Lipinski definition) is 7. The van der Waals surface area contributed by atoms with Crippen LogP contribution < -0.4 is 5.32 Å². The molecular formula is C21H20BrN3O4S. The largest absolute Gasteiger partial charge is 0.462 e. The number of ether oxygens (including phenoxy) is 1. The van der Waals surface area contributed by atoms with Crippen molar-refractivity contribution in [1.29, 1.82) is 0 Å².